The zero-order chi connectivity index (χ0) is 23.1. The minimum absolute atomic E-state index is 0.0637. The van der Waals surface area contributed by atoms with Crippen LogP contribution in [0.1, 0.15) is 46.1 Å². The van der Waals surface area contributed by atoms with Gasteiger partial charge in [-0.25, -0.2) is 4.79 Å². The summed E-state index contributed by atoms with van der Waals surface area (Å²) in [7, 11) is 0. The predicted molar refractivity (Wildman–Crippen MR) is 129 cm³/mol. The first-order valence-electron chi connectivity index (χ1n) is 11.4. The topological polar surface area (TPSA) is 70.7 Å². The molecule has 0 saturated heterocycles. The van der Waals surface area contributed by atoms with Gasteiger partial charge in [-0.2, -0.15) is 0 Å². The lowest BCUT2D eigenvalue weighted by molar-refractivity contribution is -0.127. The molecule has 0 aromatic heterocycles. The molecule has 3 rings (SSSR count). The van der Waals surface area contributed by atoms with E-state index >= 15 is 0 Å². The molecular formula is C26H35N3O3. The Hall–Kier alpha value is -3.02. The van der Waals surface area contributed by atoms with E-state index in [0.29, 0.717) is 37.1 Å². The van der Waals surface area contributed by atoms with Crippen molar-refractivity contribution < 1.29 is 14.3 Å². The van der Waals surface area contributed by atoms with E-state index in [4.69, 9.17) is 4.74 Å². The van der Waals surface area contributed by atoms with E-state index in [0.717, 1.165) is 24.9 Å². The van der Waals surface area contributed by atoms with Crippen molar-refractivity contribution in [2.75, 3.05) is 29.9 Å². The van der Waals surface area contributed by atoms with Crippen LogP contribution >= 0.6 is 0 Å². The van der Waals surface area contributed by atoms with Gasteiger partial charge in [-0.15, -0.1) is 0 Å². The van der Waals surface area contributed by atoms with E-state index < -0.39 is 5.41 Å². The molecule has 0 unspecified atom stereocenters. The number of amides is 3. The van der Waals surface area contributed by atoms with Crippen molar-refractivity contribution in [3.63, 3.8) is 0 Å². The van der Waals surface area contributed by atoms with Gasteiger partial charge in [0, 0.05) is 24.8 Å². The summed E-state index contributed by atoms with van der Waals surface area (Å²) in [6, 6.07) is 15.5. The van der Waals surface area contributed by atoms with Gasteiger partial charge in [-0.05, 0) is 56.7 Å². The van der Waals surface area contributed by atoms with Gasteiger partial charge in [-0.1, -0.05) is 44.2 Å². The van der Waals surface area contributed by atoms with Crippen molar-refractivity contribution in [2.24, 2.45) is 11.3 Å². The molecule has 2 aromatic rings. The van der Waals surface area contributed by atoms with Gasteiger partial charge in [0.05, 0.1) is 11.1 Å². The Morgan fingerprint density at radius 1 is 1.16 bits per heavy atom. The van der Waals surface area contributed by atoms with Gasteiger partial charge < -0.3 is 20.3 Å². The summed E-state index contributed by atoms with van der Waals surface area (Å²) in [6.07, 6.45) is 2.70. The highest BCUT2D eigenvalue weighted by molar-refractivity contribution is 6.00. The highest BCUT2D eigenvalue weighted by Gasteiger charge is 2.37. The maximum absolute atomic E-state index is 13.1. The maximum Gasteiger partial charge on any atom is 0.319 e. The number of ether oxygens (including phenoxy) is 1. The SMILES string of the molecule is CC(C)CCN1C(=O)C(C)(C)COc2cc(NC(=O)NCCCc3ccccc3)ccc21. The van der Waals surface area contributed by atoms with Gasteiger partial charge >= 0.3 is 6.03 Å². The van der Waals surface area contributed by atoms with Crippen molar-refractivity contribution in [1.29, 1.82) is 0 Å². The highest BCUT2D eigenvalue weighted by Crippen LogP contribution is 2.38. The summed E-state index contributed by atoms with van der Waals surface area (Å²) in [5.41, 5.74) is 2.05. The number of carbonyl (C=O) groups excluding carboxylic acids is 2. The van der Waals surface area contributed by atoms with Crippen LogP contribution < -0.4 is 20.3 Å². The van der Waals surface area contributed by atoms with Gasteiger partial charge in [-0.3, -0.25) is 4.79 Å². The minimum atomic E-state index is -0.611. The normalized spacial score (nSPS) is 15.0. The first-order chi connectivity index (χ1) is 15.3. The number of nitrogens with zero attached hydrogens (tertiary/aromatic N) is 1. The van der Waals surface area contributed by atoms with E-state index in [2.05, 4.69) is 36.6 Å². The van der Waals surface area contributed by atoms with Crippen LogP contribution in [0.25, 0.3) is 0 Å². The van der Waals surface area contributed by atoms with Gasteiger partial charge in [0.25, 0.3) is 0 Å². The van der Waals surface area contributed by atoms with Crippen LogP contribution in [0.15, 0.2) is 48.5 Å². The fourth-order valence-corrected chi connectivity index (χ4v) is 3.65. The Morgan fingerprint density at radius 3 is 2.62 bits per heavy atom. The van der Waals surface area contributed by atoms with Crippen molar-refractivity contribution >= 4 is 23.3 Å². The molecule has 2 aromatic carbocycles. The highest BCUT2D eigenvalue weighted by atomic mass is 16.5. The number of urea groups is 1. The van der Waals surface area contributed by atoms with Crippen molar-refractivity contribution in [1.82, 2.24) is 5.32 Å². The Labute approximate surface area is 191 Å². The Bertz CT molecular complexity index is 925. The number of benzene rings is 2. The average molecular weight is 438 g/mol. The van der Waals surface area contributed by atoms with Crippen LogP contribution in [0.4, 0.5) is 16.2 Å². The van der Waals surface area contributed by atoms with Crippen LogP contribution in [0.2, 0.25) is 0 Å². The molecule has 6 heteroatoms. The second-order valence-corrected chi connectivity index (χ2v) is 9.46. The number of nitrogens with one attached hydrogen (secondary N) is 2. The molecule has 1 aliphatic heterocycles. The molecule has 172 valence electrons. The lowest BCUT2D eigenvalue weighted by Crippen LogP contribution is -2.42. The molecule has 0 spiro atoms. The molecule has 3 amide bonds. The monoisotopic (exact) mass is 437 g/mol. The summed E-state index contributed by atoms with van der Waals surface area (Å²) in [6.45, 7) is 9.65. The van der Waals surface area contributed by atoms with Gasteiger partial charge in [0.15, 0.2) is 0 Å². The third kappa shape index (κ3) is 6.25. The van der Waals surface area contributed by atoms with Gasteiger partial charge in [0.2, 0.25) is 5.91 Å². The first-order valence-corrected chi connectivity index (χ1v) is 11.4. The van der Waals surface area contributed by atoms with Gasteiger partial charge in [0.1, 0.15) is 12.4 Å². The maximum atomic E-state index is 13.1. The van der Waals surface area contributed by atoms with E-state index in [1.807, 2.05) is 49.1 Å². The Morgan fingerprint density at radius 2 is 1.91 bits per heavy atom. The first kappa shape index (κ1) is 23.6. The third-order valence-corrected chi connectivity index (χ3v) is 5.62. The summed E-state index contributed by atoms with van der Waals surface area (Å²) in [4.78, 5) is 27.3. The Kier molecular flexibility index (Phi) is 7.78. The minimum Gasteiger partial charge on any atom is -0.490 e. The molecule has 0 fully saturated rings. The Balaban J connectivity index is 1.61. The second kappa shape index (κ2) is 10.5. The molecule has 0 radical (unpaired) electrons. The molecule has 1 aliphatic rings. The number of hydrogen-bond acceptors (Lipinski definition) is 3. The summed E-state index contributed by atoms with van der Waals surface area (Å²) >= 11 is 0. The molecule has 0 bridgehead atoms. The summed E-state index contributed by atoms with van der Waals surface area (Å²) < 4.78 is 6.01. The number of carbonyl (C=O) groups is 2. The van der Waals surface area contributed by atoms with Crippen LogP contribution in [0.5, 0.6) is 5.75 Å². The molecular weight excluding hydrogens is 402 g/mol. The molecule has 32 heavy (non-hydrogen) atoms. The summed E-state index contributed by atoms with van der Waals surface area (Å²) in [5, 5.41) is 5.77. The molecule has 6 nitrogen and oxygen atoms in total. The van der Waals surface area contributed by atoms with E-state index in [1.165, 1.54) is 5.56 Å². The molecule has 0 atom stereocenters. The quantitative estimate of drug-likeness (QED) is 0.555. The predicted octanol–water partition coefficient (Wildman–Crippen LogP) is 5.24. The lowest BCUT2D eigenvalue weighted by Gasteiger charge is -2.28. The number of rotatable bonds is 8. The second-order valence-electron chi connectivity index (χ2n) is 9.46. The number of anilines is 2. The zero-order valence-corrected chi connectivity index (χ0v) is 19.6. The number of hydrogen-bond donors (Lipinski definition) is 2. The molecule has 2 N–H and O–H groups in total. The van der Waals surface area contributed by atoms with E-state index in [1.54, 1.807) is 6.07 Å². The standard InChI is InChI=1S/C26H35N3O3/c1-19(2)14-16-29-22-13-12-21(17-23(22)32-18-26(3,4)24(29)30)28-25(31)27-15-8-11-20-9-6-5-7-10-20/h5-7,9-10,12-13,17,19H,8,11,14-16,18H2,1-4H3,(H2,27,28,31). The molecule has 0 aliphatic carbocycles. The number of aryl methyl sites for hydroxylation is 1. The summed E-state index contributed by atoms with van der Waals surface area (Å²) in [5.74, 6) is 1.17. The van der Waals surface area contributed by atoms with Crippen LogP contribution in [0.3, 0.4) is 0 Å². The lowest BCUT2D eigenvalue weighted by atomic mass is 9.92. The number of fused-ring (bicyclic) bond motifs is 1. The zero-order valence-electron chi connectivity index (χ0n) is 19.6. The largest absolute Gasteiger partial charge is 0.490 e. The average Bonchev–Trinajstić information content (AvgIpc) is 2.85. The van der Waals surface area contributed by atoms with E-state index in [9.17, 15) is 9.59 Å². The molecule has 0 saturated carbocycles. The van der Waals surface area contributed by atoms with Crippen molar-refractivity contribution in [3.05, 3.63) is 54.1 Å². The van der Waals surface area contributed by atoms with Crippen molar-refractivity contribution in [3.8, 4) is 5.75 Å². The van der Waals surface area contributed by atoms with Crippen LogP contribution in [0, 0.1) is 11.3 Å². The third-order valence-electron chi connectivity index (χ3n) is 5.62. The van der Waals surface area contributed by atoms with Crippen molar-refractivity contribution in [2.45, 2.75) is 47.0 Å². The van der Waals surface area contributed by atoms with Crippen LogP contribution in [-0.4, -0.2) is 31.6 Å². The fraction of sp³-hybridized carbons (Fsp3) is 0.462. The fourth-order valence-electron chi connectivity index (χ4n) is 3.65. The smallest absolute Gasteiger partial charge is 0.319 e. The van der Waals surface area contributed by atoms with E-state index in [-0.39, 0.29) is 11.9 Å². The molecule has 1 heterocycles. The van der Waals surface area contributed by atoms with Crippen LogP contribution in [-0.2, 0) is 11.2 Å².